The van der Waals surface area contributed by atoms with Gasteiger partial charge >= 0.3 is 5.97 Å². The first-order valence-electron chi connectivity index (χ1n) is 10.4. The molecule has 0 bridgehead atoms. The van der Waals surface area contributed by atoms with E-state index in [1.807, 2.05) is 27.7 Å². The number of fused-ring (bicyclic) bond motifs is 1. The number of aromatic nitrogens is 2. The normalized spacial score (nSPS) is 15.1. The lowest BCUT2D eigenvalue weighted by molar-refractivity contribution is -0.145. The first-order chi connectivity index (χ1) is 15.1. The van der Waals surface area contributed by atoms with E-state index in [-0.39, 0.29) is 34.7 Å². The topological polar surface area (TPSA) is 137 Å². The highest BCUT2D eigenvalue weighted by Gasteiger charge is 2.33. The molecule has 1 aliphatic carbocycles. The quantitative estimate of drug-likeness (QED) is 0.516. The predicted molar refractivity (Wildman–Crippen MR) is 116 cm³/mol. The van der Waals surface area contributed by atoms with E-state index >= 15 is 0 Å². The SMILES string of the molecule is COC(=O)[C@H](CC(C)C)NC(=O)[C@H](CC(C)C)Nc1ncnc2c1C(=O)C(OC)=CC2=O. The molecule has 0 fully saturated rings. The number of nitrogens with zero attached hydrogens (tertiary/aromatic N) is 2. The van der Waals surface area contributed by atoms with Crippen molar-refractivity contribution in [3.8, 4) is 0 Å². The molecular formula is C22H30N4O6. The Kier molecular flexibility index (Phi) is 8.45. The molecule has 1 aromatic heterocycles. The van der Waals surface area contributed by atoms with Crippen LogP contribution in [0.15, 0.2) is 18.2 Å². The molecule has 0 radical (unpaired) electrons. The van der Waals surface area contributed by atoms with Gasteiger partial charge in [-0.25, -0.2) is 14.8 Å². The van der Waals surface area contributed by atoms with Crippen molar-refractivity contribution in [1.29, 1.82) is 0 Å². The van der Waals surface area contributed by atoms with Crippen molar-refractivity contribution in [2.75, 3.05) is 19.5 Å². The number of ketones is 2. The Bertz CT molecular complexity index is 925. The summed E-state index contributed by atoms with van der Waals surface area (Å²) in [5.41, 5.74) is -0.116. The highest BCUT2D eigenvalue weighted by molar-refractivity contribution is 6.24. The summed E-state index contributed by atoms with van der Waals surface area (Å²) in [6.07, 6.45) is 3.02. The van der Waals surface area contributed by atoms with Crippen LogP contribution in [-0.2, 0) is 19.1 Å². The summed E-state index contributed by atoms with van der Waals surface area (Å²) < 4.78 is 9.83. The number of hydrogen-bond donors (Lipinski definition) is 2. The van der Waals surface area contributed by atoms with Gasteiger partial charge in [-0.1, -0.05) is 27.7 Å². The third kappa shape index (κ3) is 5.89. The lowest BCUT2D eigenvalue weighted by Gasteiger charge is -2.25. The van der Waals surface area contributed by atoms with Gasteiger partial charge in [-0.15, -0.1) is 0 Å². The molecule has 1 amide bonds. The third-order valence-corrected chi connectivity index (χ3v) is 4.86. The Morgan fingerprint density at radius 3 is 2.19 bits per heavy atom. The van der Waals surface area contributed by atoms with Crippen LogP contribution in [0, 0.1) is 11.8 Å². The van der Waals surface area contributed by atoms with Crippen molar-refractivity contribution in [3.63, 3.8) is 0 Å². The van der Waals surface area contributed by atoms with Crippen molar-refractivity contribution >= 4 is 29.3 Å². The van der Waals surface area contributed by atoms with Crippen LogP contribution in [0.1, 0.15) is 61.4 Å². The van der Waals surface area contributed by atoms with Crippen molar-refractivity contribution in [2.24, 2.45) is 11.8 Å². The Morgan fingerprint density at radius 2 is 1.62 bits per heavy atom. The molecule has 0 aromatic carbocycles. The summed E-state index contributed by atoms with van der Waals surface area (Å²) in [7, 11) is 2.55. The number of amides is 1. The van der Waals surface area contributed by atoms with Gasteiger partial charge in [0.1, 0.15) is 29.9 Å². The second kappa shape index (κ2) is 10.8. The number of anilines is 1. The molecule has 0 saturated carbocycles. The van der Waals surface area contributed by atoms with Crippen LogP contribution in [0.4, 0.5) is 5.82 Å². The summed E-state index contributed by atoms with van der Waals surface area (Å²) in [4.78, 5) is 58.4. The van der Waals surface area contributed by atoms with E-state index in [4.69, 9.17) is 9.47 Å². The number of hydrogen-bond acceptors (Lipinski definition) is 9. The molecule has 0 spiro atoms. The van der Waals surface area contributed by atoms with Crippen molar-refractivity contribution < 1.29 is 28.7 Å². The van der Waals surface area contributed by atoms with E-state index < -0.39 is 35.5 Å². The van der Waals surface area contributed by atoms with Gasteiger partial charge in [0.15, 0.2) is 5.76 Å². The van der Waals surface area contributed by atoms with Crippen LogP contribution in [0.2, 0.25) is 0 Å². The highest BCUT2D eigenvalue weighted by Crippen LogP contribution is 2.26. The average Bonchev–Trinajstić information content (AvgIpc) is 2.73. The lowest BCUT2D eigenvalue weighted by Crippen LogP contribution is -2.49. The molecule has 174 valence electrons. The van der Waals surface area contributed by atoms with Gasteiger partial charge in [-0.3, -0.25) is 14.4 Å². The fourth-order valence-corrected chi connectivity index (χ4v) is 3.39. The summed E-state index contributed by atoms with van der Waals surface area (Å²) in [5.74, 6) is -1.86. The Labute approximate surface area is 187 Å². The molecule has 1 aromatic rings. The number of esters is 1. The summed E-state index contributed by atoms with van der Waals surface area (Å²) >= 11 is 0. The monoisotopic (exact) mass is 446 g/mol. The smallest absolute Gasteiger partial charge is 0.328 e. The molecule has 1 aliphatic rings. The van der Waals surface area contributed by atoms with E-state index in [2.05, 4.69) is 20.6 Å². The lowest BCUT2D eigenvalue weighted by atomic mass is 9.97. The molecule has 2 N–H and O–H groups in total. The number of nitrogens with one attached hydrogen (secondary N) is 2. The largest absolute Gasteiger partial charge is 0.492 e. The maximum absolute atomic E-state index is 13.1. The van der Waals surface area contributed by atoms with Crippen molar-refractivity contribution in [3.05, 3.63) is 29.4 Å². The number of allylic oxidation sites excluding steroid dienone is 2. The van der Waals surface area contributed by atoms with Crippen LogP contribution in [0.25, 0.3) is 0 Å². The molecule has 0 saturated heterocycles. The molecule has 2 rings (SSSR count). The third-order valence-electron chi connectivity index (χ3n) is 4.86. The van der Waals surface area contributed by atoms with Gasteiger partial charge in [-0.2, -0.15) is 0 Å². The van der Waals surface area contributed by atoms with E-state index in [0.717, 1.165) is 12.4 Å². The van der Waals surface area contributed by atoms with Gasteiger partial charge in [0.25, 0.3) is 0 Å². The molecule has 1 heterocycles. The summed E-state index contributed by atoms with van der Waals surface area (Å²) in [6.45, 7) is 7.73. The summed E-state index contributed by atoms with van der Waals surface area (Å²) in [5, 5.41) is 5.72. The van der Waals surface area contributed by atoms with Gasteiger partial charge in [0.2, 0.25) is 17.5 Å². The standard InChI is InChI=1S/C22H30N4O6/c1-11(2)7-13(21(29)26-14(8-12(3)4)22(30)32-6)25-20-17-18(23-10-24-20)15(27)9-16(31-5)19(17)28/h9-14H,7-8H2,1-6H3,(H,26,29)(H,23,24,25)/t13-,14-/m0/s1. The Morgan fingerprint density at radius 1 is 1.00 bits per heavy atom. The molecule has 32 heavy (non-hydrogen) atoms. The first-order valence-corrected chi connectivity index (χ1v) is 10.4. The van der Waals surface area contributed by atoms with Gasteiger partial charge in [0.05, 0.1) is 19.8 Å². The van der Waals surface area contributed by atoms with E-state index in [1.54, 1.807) is 0 Å². The first kappa shape index (κ1) is 25.0. The molecule has 2 atom stereocenters. The van der Waals surface area contributed by atoms with Crippen molar-refractivity contribution in [2.45, 2.75) is 52.6 Å². The highest BCUT2D eigenvalue weighted by atomic mass is 16.5. The van der Waals surface area contributed by atoms with Crippen LogP contribution < -0.4 is 10.6 Å². The van der Waals surface area contributed by atoms with Crippen LogP contribution in [0.5, 0.6) is 0 Å². The minimum absolute atomic E-state index is 0.0508. The number of ether oxygens (including phenoxy) is 2. The number of carbonyl (C=O) groups is 4. The zero-order chi connectivity index (χ0) is 24.0. The maximum atomic E-state index is 13.1. The minimum atomic E-state index is -0.826. The molecular weight excluding hydrogens is 416 g/mol. The number of carbonyl (C=O) groups excluding carboxylic acids is 4. The second-order valence-electron chi connectivity index (χ2n) is 8.39. The summed E-state index contributed by atoms with van der Waals surface area (Å²) in [6, 6.07) is -1.64. The van der Waals surface area contributed by atoms with E-state index in [1.165, 1.54) is 14.2 Å². The zero-order valence-electron chi connectivity index (χ0n) is 19.2. The van der Waals surface area contributed by atoms with Crippen LogP contribution >= 0.6 is 0 Å². The van der Waals surface area contributed by atoms with Crippen LogP contribution in [0.3, 0.4) is 0 Å². The fourth-order valence-electron chi connectivity index (χ4n) is 3.39. The zero-order valence-corrected chi connectivity index (χ0v) is 19.2. The average molecular weight is 447 g/mol. The number of Topliss-reactive ketones (excluding diaryl/α,β-unsaturated/α-hetero) is 1. The van der Waals surface area contributed by atoms with Crippen LogP contribution in [-0.4, -0.2) is 59.7 Å². The minimum Gasteiger partial charge on any atom is -0.492 e. The van der Waals surface area contributed by atoms with Gasteiger partial charge < -0.3 is 20.1 Å². The molecule has 10 heteroatoms. The number of methoxy groups -OCH3 is 2. The van der Waals surface area contributed by atoms with Crippen molar-refractivity contribution in [1.82, 2.24) is 15.3 Å². The molecule has 10 nitrogen and oxygen atoms in total. The Balaban J connectivity index is 2.36. The van der Waals surface area contributed by atoms with Gasteiger partial charge in [-0.05, 0) is 24.7 Å². The Hall–Kier alpha value is -3.30. The molecule has 0 unspecified atom stereocenters. The second-order valence-corrected chi connectivity index (χ2v) is 8.39. The fraction of sp³-hybridized carbons (Fsp3) is 0.545. The predicted octanol–water partition coefficient (Wildman–Crippen LogP) is 1.92. The van der Waals surface area contributed by atoms with Gasteiger partial charge in [0, 0.05) is 6.08 Å². The molecule has 0 aliphatic heterocycles. The van der Waals surface area contributed by atoms with E-state index in [9.17, 15) is 19.2 Å². The maximum Gasteiger partial charge on any atom is 0.328 e. The van der Waals surface area contributed by atoms with E-state index in [0.29, 0.717) is 12.8 Å². The number of rotatable bonds is 10.